The second-order valence-corrected chi connectivity index (χ2v) is 7.36. The summed E-state index contributed by atoms with van der Waals surface area (Å²) in [7, 11) is -3.57. The number of hydrogen-bond donors (Lipinski definition) is 2. The Morgan fingerprint density at radius 1 is 1.48 bits per heavy atom. The SMILES string of the molecule is CCN1CCCC1CNS(=O)(=O)c1ccc(CO)c(Cl)c1. The maximum absolute atomic E-state index is 12.3. The predicted molar refractivity (Wildman–Crippen MR) is 82.8 cm³/mol. The summed E-state index contributed by atoms with van der Waals surface area (Å²) in [6, 6.07) is 4.63. The van der Waals surface area contributed by atoms with E-state index in [-0.39, 0.29) is 22.6 Å². The molecule has 1 aromatic carbocycles. The maximum atomic E-state index is 12.3. The number of hydrogen-bond acceptors (Lipinski definition) is 4. The quantitative estimate of drug-likeness (QED) is 0.830. The summed E-state index contributed by atoms with van der Waals surface area (Å²) in [4.78, 5) is 2.41. The van der Waals surface area contributed by atoms with E-state index in [2.05, 4.69) is 16.5 Å². The number of benzene rings is 1. The van der Waals surface area contributed by atoms with Crippen molar-refractivity contribution in [1.29, 1.82) is 0 Å². The molecular weight excluding hydrogens is 312 g/mol. The van der Waals surface area contributed by atoms with Gasteiger partial charge in [-0.2, -0.15) is 0 Å². The lowest BCUT2D eigenvalue weighted by atomic mass is 10.2. The molecule has 1 saturated heterocycles. The summed E-state index contributed by atoms with van der Waals surface area (Å²) < 4.78 is 27.2. The number of likely N-dealkylation sites (N-methyl/N-ethyl adjacent to an activating group) is 1. The maximum Gasteiger partial charge on any atom is 0.240 e. The Morgan fingerprint density at radius 3 is 2.86 bits per heavy atom. The molecule has 0 spiro atoms. The lowest BCUT2D eigenvalue weighted by molar-refractivity contribution is 0.268. The molecular formula is C14H21ClN2O3S. The van der Waals surface area contributed by atoms with Gasteiger partial charge in [-0.25, -0.2) is 13.1 Å². The number of nitrogens with one attached hydrogen (secondary N) is 1. The Balaban J connectivity index is 2.06. The second-order valence-electron chi connectivity index (χ2n) is 5.19. The molecule has 1 fully saturated rings. The minimum absolute atomic E-state index is 0.130. The normalized spacial score (nSPS) is 20.0. The molecule has 118 valence electrons. The number of sulfonamides is 1. The zero-order valence-corrected chi connectivity index (χ0v) is 13.6. The molecule has 0 aromatic heterocycles. The van der Waals surface area contributed by atoms with Gasteiger partial charge in [0, 0.05) is 17.6 Å². The molecule has 2 rings (SSSR count). The molecule has 0 radical (unpaired) electrons. The summed E-state index contributed by atoms with van der Waals surface area (Å²) in [5, 5.41) is 9.32. The van der Waals surface area contributed by atoms with Crippen molar-refractivity contribution in [3.05, 3.63) is 28.8 Å². The minimum atomic E-state index is -3.57. The summed E-state index contributed by atoms with van der Waals surface area (Å²) in [6.45, 7) is 4.25. The zero-order valence-electron chi connectivity index (χ0n) is 12.0. The van der Waals surface area contributed by atoms with Crippen molar-refractivity contribution in [3.8, 4) is 0 Å². The van der Waals surface area contributed by atoms with Crippen LogP contribution in [-0.2, 0) is 16.6 Å². The molecule has 1 aliphatic heterocycles. The van der Waals surface area contributed by atoms with E-state index < -0.39 is 10.0 Å². The summed E-state index contributed by atoms with van der Waals surface area (Å²) in [5.41, 5.74) is 0.517. The zero-order chi connectivity index (χ0) is 15.5. The topological polar surface area (TPSA) is 69.6 Å². The van der Waals surface area contributed by atoms with Gasteiger partial charge in [-0.15, -0.1) is 0 Å². The molecule has 5 nitrogen and oxygen atoms in total. The Bertz CT molecular complexity index is 592. The minimum Gasteiger partial charge on any atom is -0.392 e. The van der Waals surface area contributed by atoms with E-state index in [1.165, 1.54) is 18.2 Å². The average molecular weight is 333 g/mol. The van der Waals surface area contributed by atoms with Gasteiger partial charge in [0.1, 0.15) is 0 Å². The van der Waals surface area contributed by atoms with E-state index in [0.717, 1.165) is 25.9 Å². The largest absolute Gasteiger partial charge is 0.392 e. The molecule has 1 heterocycles. The smallest absolute Gasteiger partial charge is 0.240 e. The fraction of sp³-hybridized carbons (Fsp3) is 0.571. The summed E-state index contributed by atoms with van der Waals surface area (Å²) in [5.74, 6) is 0. The molecule has 0 saturated carbocycles. The van der Waals surface area contributed by atoms with Gasteiger partial charge in [-0.05, 0) is 43.6 Å². The lowest BCUT2D eigenvalue weighted by Crippen LogP contribution is -2.39. The molecule has 0 amide bonds. The third-order valence-electron chi connectivity index (χ3n) is 3.92. The Kier molecular flexibility index (Phi) is 5.62. The summed E-state index contributed by atoms with van der Waals surface area (Å²) >= 11 is 5.95. The molecule has 7 heteroatoms. The van der Waals surface area contributed by atoms with E-state index in [1.807, 2.05) is 0 Å². The highest BCUT2D eigenvalue weighted by atomic mass is 35.5. The van der Waals surface area contributed by atoms with Crippen molar-refractivity contribution in [1.82, 2.24) is 9.62 Å². The van der Waals surface area contributed by atoms with Gasteiger partial charge in [0.25, 0.3) is 0 Å². The first-order valence-corrected chi connectivity index (χ1v) is 8.97. The third-order valence-corrected chi connectivity index (χ3v) is 5.69. The molecule has 1 aromatic rings. The fourth-order valence-electron chi connectivity index (χ4n) is 2.66. The fourth-order valence-corrected chi connectivity index (χ4v) is 4.06. The Morgan fingerprint density at radius 2 is 2.24 bits per heavy atom. The number of nitrogens with zero attached hydrogens (tertiary/aromatic N) is 1. The first-order chi connectivity index (χ1) is 9.97. The van der Waals surface area contributed by atoms with Crippen LogP contribution in [0.4, 0.5) is 0 Å². The van der Waals surface area contributed by atoms with Crippen LogP contribution < -0.4 is 4.72 Å². The monoisotopic (exact) mass is 332 g/mol. The number of aliphatic hydroxyl groups is 1. The highest BCUT2D eigenvalue weighted by molar-refractivity contribution is 7.89. The molecule has 0 bridgehead atoms. The first-order valence-electron chi connectivity index (χ1n) is 7.11. The van der Waals surface area contributed by atoms with Crippen molar-refractivity contribution >= 4 is 21.6 Å². The predicted octanol–water partition coefficient (Wildman–Crippen LogP) is 1.59. The van der Waals surface area contributed by atoms with Crippen LogP contribution in [0.2, 0.25) is 5.02 Å². The van der Waals surface area contributed by atoms with Gasteiger partial charge in [-0.1, -0.05) is 24.6 Å². The lowest BCUT2D eigenvalue weighted by Gasteiger charge is -2.22. The number of rotatable bonds is 6. The Labute approximate surface area is 131 Å². The first kappa shape index (κ1) is 16.7. The van der Waals surface area contributed by atoms with Crippen LogP contribution in [0.5, 0.6) is 0 Å². The number of aliphatic hydroxyl groups excluding tert-OH is 1. The van der Waals surface area contributed by atoms with E-state index in [9.17, 15) is 8.42 Å². The number of halogens is 1. The standard InChI is InChI=1S/C14H21ClN2O3S/c1-2-17-7-3-4-12(17)9-16-21(19,20)13-6-5-11(10-18)14(15)8-13/h5-6,8,12,16,18H,2-4,7,9-10H2,1H3. The van der Waals surface area contributed by atoms with E-state index >= 15 is 0 Å². The van der Waals surface area contributed by atoms with Crippen molar-refractivity contribution in [2.24, 2.45) is 0 Å². The van der Waals surface area contributed by atoms with E-state index in [0.29, 0.717) is 12.1 Å². The van der Waals surface area contributed by atoms with Crippen LogP contribution in [0.25, 0.3) is 0 Å². The third kappa shape index (κ3) is 3.96. The molecule has 2 N–H and O–H groups in total. The second kappa shape index (κ2) is 7.07. The van der Waals surface area contributed by atoms with Gasteiger partial charge < -0.3 is 5.11 Å². The van der Waals surface area contributed by atoms with Crippen molar-refractivity contribution in [3.63, 3.8) is 0 Å². The van der Waals surface area contributed by atoms with Gasteiger partial charge in [0.15, 0.2) is 0 Å². The highest BCUT2D eigenvalue weighted by Crippen LogP contribution is 2.21. The van der Waals surface area contributed by atoms with Crippen molar-refractivity contribution in [2.45, 2.75) is 37.3 Å². The van der Waals surface area contributed by atoms with E-state index in [4.69, 9.17) is 16.7 Å². The van der Waals surface area contributed by atoms with Crippen LogP contribution >= 0.6 is 11.6 Å². The van der Waals surface area contributed by atoms with Gasteiger partial charge in [0.2, 0.25) is 10.0 Å². The highest BCUT2D eigenvalue weighted by Gasteiger charge is 2.25. The van der Waals surface area contributed by atoms with Crippen molar-refractivity contribution < 1.29 is 13.5 Å². The summed E-state index contributed by atoms with van der Waals surface area (Å²) in [6.07, 6.45) is 2.12. The molecule has 21 heavy (non-hydrogen) atoms. The van der Waals surface area contributed by atoms with Crippen LogP contribution in [0, 0.1) is 0 Å². The molecule has 1 unspecified atom stereocenters. The molecule has 1 atom stereocenters. The van der Waals surface area contributed by atoms with Crippen LogP contribution in [-0.4, -0.2) is 44.1 Å². The van der Waals surface area contributed by atoms with Gasteiger partial charge in [-0.3, -0.25) is 4.90 Å². The van der Waals surface area contributed by atoms with Gasteiger partial charge >= 0.3 is 0 Å². The van der Waals surface area contributed by atoms with Crippen LogP contribution in [0.3, 0.4) is 0 Å². The Hall–Kier alpha value is -0.660. The van der Waals surface area contributed by atoms with Crippen molar-refractivity contribution in [2.75, 3.05) is 19.6 Å². The van der Waals surface area contributed by atoms with Crippen LogP contribution in [0.1, 0.15) is 25.3 Å². The molecule has 1 aliphatic rings. The van der Waals surface area contributed by atoms with Crippen LogP contribution in [0.15, 0.2) is 23.1 Å². The van der Waals surface area contributed by atoms with Gasteiger partial charge in [0.05, 0.1) is 11.5 Å². The molecule has 0 aliphatic carbocycles. The average Bonchev–Trinajstić information content (AvgIpc) is 2.92. The number of likely N-dealkylation sites (tertiary alicyclic amines) is 1. The van der Waals surface area contributed by atoms with E-state index in [1.54, 1.807) is 0 Å².